The third-order valence-corrected chi connectivity index (χ3v) is 8.04. The predicted octanol–water partition coefficient (Wildman–Crippen LogP) is 5.68. The van der Waals surface area contributed by atoms with Crippen LogP contribution in [0, 0.1) is 11.6 Å². The van der Waals surface area contributed by atoms with Crippen LogP contribution in [0.25, 0.3) is 11.0 Å². The van der Waals surface area contributed by atoms with Gasteiger partial charge in [-0.15, -0.1) is 0 Å². The second kappa shape index (κ2) is 10.8. The molecule has 214 valence electrons. The summed E-state index contributed by atoms with van der Waals surface area (Å²) in [4.78, 5) is 18.7. The van der Waals surface area contributed by atoms with Crippen molar-refractivity contribution in [1.29, 1.82) is 0 Å². The largest absolute Gasteiger partial charge is 0.478 e. The minimum atomic E-state index is -1.25. The van der Waals surface area contributed by atoms with E-state index in [1.165, 1.54) is 6.07 Å². The van der Waals surface area contributed by atoms with E-state index in [9.17, 15) is 18.7 Å². The van der Waals surface area contributed by atoms with E-state index >= 15 is 0 Å². The van der Waals surface area contributed by atoms with Crippen LogP contribution >= 0.6 is 0 Å². The molecule has 1 saturated heterocycles. The summed E-state index contributed by atoms with van der Waals surface area (Å²) in [6, 6.07) is 14.5. The van der Waals surface area contributed by atoms with Gasteiger partial charge < -0.3 is 23.9 Å². The fourth-order valence-corrected chi connectivity index (χ4v) is 5.83. The molecule has 6 rings (SSSR count). The number of aromatic nitrogens is 2. The lowest BCUT2D eigenvalue weighted by Crippen LogP contribution is -2.34. The van der Waals surface area contributed by atoms with Crippen molar-refractivity contribution in [2.75, 3.05) is 26.8 Å². The van der Waals surface area contributed by atoms with Crippen LogP contribution in [-0.2, 0) is 23.6 Å². The van der Waals surface area contributed by atoms with Gasteiger partial charge in [0.1, 0.15) is 5.82 Å². The number of carbonyl (C=O) groups is 1. The summed E-state index contributed by atoms with van der Waals surface area (Å²) in [5.74, 6) is -1.74. The summed E-state index contributed by atoms with van der Waals surface area (Å²) in [6.07, 6.45) is 1.78. The van der Waals surface area contributed by atoms with Gasteiger partial charge in [-0.3, -0.25) is 4.90 Å². The minimum Gasteiger partial charge on any atom is -0.478 e. The predicted molar refractivity (Wildman–Crippen MR) is 147 cm³/mol. The van der Waals surface area contributed by atoms with Crippen molar-refractivity contribution >= 4 is 17.0 Å². The number of rotatable bonds is 8. The molecule has 1 unspecified atom stereocenters. The molecule has 41 heavy (non-hydrogen) atoms. The number of fused-ring (bicyclic) bond motifs is 2. The summed E-state index contributed by atoms with van der Waals surface area (Å²) >= 11 is 0. The molecular formula is C31H31F2N3O5. The number of likely N-dealkylation sites (tertiary alicyclic amines) is 1. The molecule has 3 heterocycles. The van der Waals surface area contributed by atoms with Crippen LogP contribution in [0.5, 0.6) is 11.5 Å². The highest BCUT2D eigenvalue weighted by Gasteiger charge is 2.41. The van der Waals surface area contributed by atoms with Gasteiger partial charge in [0.15, 0.2) is 23.1 Å². The molecule has 1 atom stereocenters. The normalized spacial score (nSPS) is 19.2. The van der Waals surface area contributed by atoms with Crippen LogP contribution in [0.15, 0.2) is 54.6 Å². The van der Waals surface area contributed by atoms with E-state index in [1.807, 2.05) is 22.8 Å². The number of para-hydroxylation sites is 1. The Kier molecular flexibility index (Phi) is 7.13. The summed E-state index contributed by atoms with van der Waals surface area (Å²) in [7, 11) is 1.64. The smallest absolute Gasteiger partial charge is 0.335 e. The average Bonchev–Trinajstić information content (AvgIpc) is 3.50. The number of aromatic carboxylic acids is 1. The Hall–Kier alpha value is -4.02. The monoisotopic (exact) mass is 563 g/mol. The standard InChI is InChI=1S/C31H31F2N3O5/c1-31(21-7-8-23(32)24(33)17-21)40-27-5-3-4-22(29(27)41-31)19-10-12-35(13-11-19)18-28-34-25-9-6-20(30(37)38)16-26(25)36(28)14-15-39-2/h3-9,16-17,19H,10-15,18H2,1-2H3,(H,37,38). The number of halogens is 2. The maximum Gasteiger partial charge on any atom is 0.335 e. The number of hydrogen-bond donors (Lipinski definition) is 1. The van der Waals surface area contributed by atoms with Gasteiger partial charge in [0, 0.05) is 31.7 Å². The first-order chi connectivity index (χ1) is 19.8. The minimum absolute atomic E-state index is 0.227. The van der Waals surface area contributed by atoms with Crippen LogP contribution in [-0.4, -0.2) is 52.3 Å². The highest BCUT2D eigenvalue weighted by atomic mass is 19.2. The second-order valence-electron chi connectivity index (χ2n) is 10.7. The Morgan fingerprint density at radius 3 is 2.63 bits per heavy atom. The Morgan fingerprint density at radius 2 is 1.90 bits per heavy atom. The molecule has 0 radical (unpaired) electrons. The van der Waals surface area contributed by atoms with Crippen LogP contribution < -0.4 is 9.47 Å². The molecular weight excluding hydrogens is 532 g/mol. The van der Waals surface area contributed by atoms with Crippen LogP contribution in [0.3, 0.4) is 0 Å². The van der Waals surface area contributed by atoms with Crippen LogP contribution in [0.2, 0.25) is 0 Å². The Balaban J connectivity index is 1.18. The molecule has 1 aromatic heterocycles. The first-order valence-corrected chi connectivity index (χ1v) is 13.7. The number of piperidine rings is 1. The third-order valence-electron chi connectivity index (χ3n) is 8.04. The number of carboxylic acid groups (broad SMARTS) is 1. The highest BCUT2D eigenvalue weighted by Crippen LogP contribution is 2.49. The van der Waals surface area contributed by atoms with E-state index < -0.39 is 23.4 Å². The van der Waals surface area contributed by atoms with Gasteiger partial charge in [0.2, 0.25) is 0 Å². The molecule has 10 heteroatoms. The number of benzene rings is 3. The fraction of sp³-hybridized carbons (Fsp3) is 0.355. The summed E-state index contributed by atoms with van der Waals surface area (Å²) < 4.78 is 47.3. The Morgan fingerprint density at radius 1 is 1.10 bits per heavy atom. The zero-order valence-corrected chi connectivity index (χ0v) is 22.9. The number of imidazole rings is 1. The highest BCUT2D eigenvalue weighted by molar-refractivity contribution is 5.92. The van der Waals surface area contributed by atoms with Crippen molar-refractivity contribution in [3.05, 3.63) is 88.7 Å². The lowest BCUT2D eigenvalue weighted by atomic mass is 9.88. The molecule has 0 bridgehead atoms. The maximum absolute atomic E-state index is 14.0. The first-order valence-electron chi connectivity index (χ1n) is 13.7. The number of ether oxygens (including phenoxy) is 3. The number of hydrogen-bond acceptors (Lipinski definition) is 6. The molecule has 4 aromatic rings. The third kappa shape index (κ3) is 5.13. The zero-order chi connectivity index (χ0) is 28.7. The number of methoxy groups -OCH3 is 1. The van der Waals surface area contributed by atoms with Gasteiger partial charge in [0.05, 0.1) is 29.7 Å². The number of carboxylic acids is 1. The van der Waals surface area contributed by atoms with E-state index in [-0.39, 0.29) is 11.5 Å². The fourth-order valence-electron chi connectivity index (χ4n) is 5.83. The topological polar surface area (TPSA) is 86.0 Å². The molecule has 1 N–H and O–H groups in total. The Labute approximate surface area is 236 Å². The lowest BCUT2D eigenvalue weighted by Gasteiger charge is -2.32. The van der Waals surface area contributed by atoms with Gasteiger partial charge >= 0.3 is 5.97 Å². The SMILES string of the molecule is COCCn1c(CN2CCC(c3cccc4c3OC(C)(c3ccc(F)c(F)c3)O4)CC2)nc2ccc(C(=O)O)cc21. The van der Waals surface area contributed by atoms with Crippen LogP contribution in [0.4, 0.5) is 8.78 Å². The maximum atomic E-state index is 14.0. The molecule has 0 saturated carbocycles. The molecule has 2 aliphatic rings. The lowest BCUT2D eigenvalue weighted by molar-refractivity contribution is -0.0688. The second-order valence-corrected chi connectivity index (χ2v) is 10.7. The van der Waals surface area contributed by atoms with Gasteiger partial charge in [-0.1, -0.05) is 12.1 Å². The molecule has 0 amide bonds. The van der Waals surface area contributed by atoms with Gasteiger partial charge in [-0.05, 0) is 74.3 Å². The Bertz CT molecular complexity index is 1620. The average molecular weight is 564 g/mol. The molecule has 0 spiro atoms. The van der Waals surface area contributed by atoms with E-state index in [2.05, 4.69) is 4.90 Å². The number of nitrogens with zero attached hydrogens (tertiary/aromatic N) is 3. The van der Waals surface area contributed by atoms with Gasteiger partial charge in [-0.2, -0.15) is 0 Å². The van der Waals surface area contributed by atoms with Crippen molar-refractivity contribution in [2.24, 2.45) is 0 Å². The summed E-state index contributed by atoms with van der Waals surface area (Å²) in [6.45, 7) is 5.08. The van der Waals surface area contributed by atoms with Crippen molar-refractivity contribution < 1.29 is 32.9 Å². The van der Waals surface area contributed by atoms with E-state index in [0.717, 1.165) is 60.5 Å². The molecule has 3 aromatic carbocycles. The van der Waals surface area contributed by atoms with Crippen molar-refractivity contribution in [1.82, 2.24) is 14.5 Å². The van der Waals surface area contributed by atoms with Crippen molar-refractivity contribution in [3.63, 3.8) is 0 Å². The molecule has 8 nitrogen and oxygen atoms in total. The van der Waals surface area contributed by atoms with Crippen molar-refractivity contribution in [3.8, 4) is 11.5 Å². The molecule has 2 aliphatic heterocycles. The van der Waals surface area contributed by atoms with E-state index in [1.54, 1.807) is 32.2 Å². The van der Waals surface area contributed by atoms with Crippen LogP contribution in [0.1, 0.15) is 53.0 Å². The van der Waals surface area contributed by atoms with E-state index in [4.69, 9.17) is 19.2 Å². The summed E-state index contributed by atoms with van der Waals surface area (Å²) in [5, 5.41) is 9.46. The first kappa shape index (κ1) is 27.2. The molecule has 0 aliphatic carbocycles. The quantitative estimate of drug-likeness (QED) is 0.295. The molecule has 1 fully saturated rings. The van der Waals surface area contributed by atoms with Gasteiger partial charge in [0.25, 0.3) is 5.79 Å². The summed E-state index contributed by atoms with van der Waals surface area (Å²) in [5.41, 5.74) is 3.22. The van der Waals surface area contributed by atoms with E-state index in [0.29, 0.717) is 36.8 Å². The van der Waals surface area contributed by atoms with Gasteiger partial charge in [-0.25, -0.2) is 18.6 Å². The zero-order valence-electron chi connectivity index (χ0n) is 22.9. The van der Waals surface area contributed by atoms with Crippen molar-refractivity contribution in [2.45, 2.75) is 44.6 Å².